The van der Waals surface area contributed by atoms with E-state index in [1.54, 1.807) is 17.2 Å². The van der Waals surface area contributed by atoms with Crippen LogP contribution in [-0.4, -0.2) is 49.4 Å². The Kier molecular flexibility index (Phi) is 4.81. The van der Waals surface area contributed by atoms with Crippen LogP contribution in [0.5, 0.6) is 0 Å². The van der Waals surface area contributed by atoms with Crippen LogP contribution in [0.2, 0.25) is 0 Å². The second-order valence-corrected chi connectivity index (χ2v) is 8.76. The van der Waals surface area contributed by atoms with Gasteiger partial charge in [-0.05, 0) is 61.4 Å². The number of halogens is 1. The molecule has 1 aromatic carbocycles. The maximum Gasteiger partial charge on any atom is 0.356 e. The number of hydrogen-bond acceptors (Lipinski definition) is 5. The monoisotopic (exact) mass is 424 g/mol. The van der Waals surface area contributed by atoms with Crippen LogP contribution in [0.15, 0.2) is 36.5 Å². The summed E-state index contributed by atoms with van der Waals surface area (Å²) in [6.07, 6.45) is 4.62. The predicted molar refractivity (Wildman–Crippen MR) is 113 cm³/mol. The highest BCUT2D eigenvalue weighted by Gasteiger charge is 2.53. The minimum absolute atomic E-state index is 0.223. The van der Waals surface area contributed by atoms with Gasteiger partial charge in [0.2, 0.25) is 0 Å². The third-order valence-electron chi connectivity index (χ3n) is 7.04. The molecule has 0 bridgehead atoms. The molecule has 1 spiro atoms. The van der Waals surface area contributed by atoms with Crippen molar-refractivity contribution in [3.05, 3.63) is 47.8 Å². The Morgan fingerprint density at radius 2 is 1.84 bits per heavy atom. The molecule has 0 N–H and O–H groups in total. The highest BCUT2D eigenvalue weighted by molar-refractivity contribution is 6.02. The van der Waals surface area contributed by atoms with Gasteiger partial charge in [0, 0.05) is 42.6 Å². The third-order valence-corrected chi connectivity index (χ3v) is 7.04. The summed E-state index contributed by atoms with van der Waals surface area (Å²) in [5, 5.41) is 0. The Morgan fingerprint density at radius 3 is 2.45 bits per heavy atom. The van der Waals surface area contributed by atoms with Crippen LogP contribution in [0.1, 0.15) is 48.2 Å². The Balaban J connectivity index is 1.53. The van der Waals surface area contributed by atoms with Crippen molar-refractivity contribution in [2.24, 2.45) is 0 Å². The Bertz CT molecular complexity index is 1030. The molecule has 0 unspecified atom stereocenters. The first-order valence-corrected chi connectivity index (χ1v) is 10.7. The van der Waals surface area contributed by atoms with E-state index in [1.165, 1.54) is 7.11 Å². The van der Waals surface area contributed by atoms with Crippen LogP contribution in [0, 0.1) is 0 Å². The number of fused-ring (bicyclic) bond motifs is 2. The zero-order valence-electron chi connectivity index (χ0n) is 17.5. The Morgan fingerprint density at radius 1 is 1.10 bits per heavy atom. The first-order valence-electron chi connectivity index (χ1n) is 10.7. The number of carbonyl (C=O) groups excluding carboxylic acids is 2. The molecule has 1 amide bonds. The van der Waals surface area contributed by atoms with Gasteiger partial charge >= 0.3 is 5.97 Å². The van der Waals surface area contributed by atoms with Gasteiger partial charge in [-0.2, -0.15) is 0 Å². The van der Waals surface area contributed by atoms with E-state index in [9.17, 15) is 9.59 Å². The number of amides is 1. The summed E-state index contributed by atoms with van der Waals surface area (Å²) in [5.74, 6) is -0.882. The molecule has 3 heterocycles. The minimum atomic E-state index is -1.72. The summed E-state index contributed by atoms with van der Waals surface area (Å²) in [5.41, 5.74) is 1.99. The van der Waals surface area contributed by atoms with Gasteiger partial charge in [-0.15, -0.1) is 0 Å². The SMILES string of the molecule is COC(=O)c1ccc(-c2ccc3c(c2)C2(CCOCC2)CN3C(=O)C2(F)CCC2)cn1. The molecule has 1 saturated heterocycles. The number of ether oxygens (including phenoxy) is 2. The van der Waals surface area contributed by atoms with Crippen LogP contribution in [0.4, 0.5) is 10.1 Å². The molecule has 1 saturated carbocycles. The molecule has 31 heavy (non-hydrogen) atoms. The van der Waals surface area contributed by atoms with Crippen molar-refractivity contribution in [3.63, 3.8) is 0 Å². The molecule has 5 rings (SSSR count). The van der Waals surface area contributed by atoms with E-state index < -0.39 is 17.5 Å². The summed E-state index contributed by atoms with van der Waals surface area (Å²) in [7, 11) is 1.32. The average Bonchev–Trinajstić information content (AvgIpc) is 3.10. The van der Waals surface area contributed by atoms with Gasteiger partial charge in [0.15, 0.2) is 5.67 Å². The fraction of sp³-hybridized carbons (Fsp3) is 0.458. The molecule has 2 fully saturated rings. The number of alkyl halides is 1. The van der Waals surface area contributed by atoms with E-state index in [-0.39, 0.29) is 11.1 Å². The van der Waals surface area contributed by atoms with Gasteiger partial charge in [-0.1, -0.05) is 12.1 Å². The first kappa shape index (κ1) is 20.1. The summed E-state index contributed by atoms with van der Waals surface area (Å²) in [6, 6.07) is 9.41. The molecule has 1 aromatic heterocycles. The van der Waals surface area contributed by atoms with Gasteiger partial charge in [-0.25, -0.2) is 14.2 Å². The van der Waals surface area contributed by atoms with Gasteiger partial charge < -0.3 is 14.4 Å². The van der Waals surface area contributed by atoms with Gasteiger partial charge in [0.05, 0.1) is 7.11 Å². The summed E-state index contributed by atoms with van der Waals surface area (Å²) >= 11 is 0. The highest BCUT2D eigenvalue weighted by atomic mass is 19.1. The molecular weight excluding hydrogens is 399 g/mol. The number of benzene rings is 1. The van der Waals surface area contributed by atoms with Crippen molar-refractivity contribution < 1.29 is 23.5 Å². The van der Waals surface area contributed by atoms with Crippen LogP contribution in [0.25, 0.3) is 11.1 Å². The molecule has 6 nitrogen and oxygen atoms in total. The Labute approximate surface area is 180 Å². The summed E-state index contributed by atoms with van der Waals surface area (Å²) in [6.45, 7) is 1.75. The van der Waals surface area contributed by atoms with Crippen molar-refractivity contribution in [1.29, 1.82) is 0 Å². The zero-order chi connectivity index (χ0) is 21.6. The van der Waals surface area contributed by atoms with E-state index >= 15 is 4.39 Å². The molecule has 2 aliphatic heterocycles. The number of methoxy groups -OCH3 is 1. The number of nitrogens with zero attached hydrogens (tertiary/aromatic N) is 2. The molecular formula is C24H25FN2O4. The molecule has 1 aliphatic carbocycles. The number of esters is 1. The fourth-order valence-corrected chi connectivity index (χ4v) is 4.95. The minimum Gasteiger partial charge on any atom is -0.464 e. The standard InChI is InChI=1S/C24H25FN2O4/c1-30-21(28)19-5-3-17(14-26-19)16-4-6-20-18(13-16)23(9-11-31-12-10-23)15-27(20)22(29)24(25)7-2-8-24/h3-6,13-14H,2,7-12,15H2,1H3. The van der Waals surface area contributed by atoms with E-state index in [1.807, 2.05) is 18.2 Å². The van der Waals surface area contributed by atoms with Gasteiger partial charge in [0.25, 0.3) is 5.91 Å². The molecule has 2 aromatic rings. The topological polar surface area (TPSA) is 68.7 Å². The van der Waals surface area contributed by atoms with Crippen LogP contribution in [0.3, 0.4) is 0 Å². The second-order valence-electron chi connectivity index (χ2n) is 8.76. The van der Waals surface area contributed by atoms with Crippen LogP contribution >= 0.6 is 0 Å². The number of carbonyl (C=O) groups is 2. The Hall–Kier alpha value is -2.80. The maximum absolute atomic E-state index is 15.0. The smallest absolute Gasteiger partial charge is 0.356 e. The van der Waals surface area contributed by atoms with E-state index in [2.05, 4.69) is 11.1 Å². The molecule has 162 valence electrons. The van der Waals surface area contributed by atoms with E-state index in [0.717, 1.165) is 41.6 Å². The molecule has 3 aliphatic rings. The largest absolute Gasteiger partial charge is 0.464 e. The fourth-order valence-electron chi connectivity index (χ4n) is 4.95. The van der Waals surface area contributed by atoms with Crippen molar-refractivity contribution in [3.8, 4) is 11.1 Å². The maximum atomic E-state index is 15.0. The highest BCUT2D eigenvalue weighted by Crippen LogP contribution is 2.50. The number of rotatable bonds is 3. The number of hydrogen-bond donors (Lipinski definition) is 0. The lowest BCUT2D eigenvalue weighted by Crippen LogP contribution is -2.51. The lowest BCUT2D eigenvalue weighted by Gasteiger charge is -2.37. The van der Waals surface area contributed by atoms with Crippen LogP contribution < -0.4 is 4.90 Å². The second kappa shape index (κ2) is 7.41. The molecule has 0 radical (unpaired) electrons. The van der Waals surface area contributed by atoms with Gasteiger partial charge in [0.1, 0.15) is 5.69 Å². The lowest BCUT2D eigenvalue weighted by molar-refractivity contribution is -0.135. The van der Waals surface area contributed by atoms with Crippen molar-refractivity contribution >= 4 is 17.6 Å². The number of pyridine rings is 1. The van der Waals surface area contributed by atoms with Crippen LogP contribution in [-0.2, 0) is 19.7 Å². The number of anilines is 1. The normalized spacial score (nSPS) is 20.8. The van der Waals surface area contributed by atoms with Crippen molar-refractivity contribution in [1.82, 2.24) is 4.98 Å². The van der Waals surface area contributed by atoms with E-state index in [4.69, 9.17) is 9.47 Å². The van der Waals surface area contributed by atoms with Gasteiger partial charge in [-0.3, -0.25) is 4.79 Å². The van der Waals surface area contributed by atoms with E-state index in [0.29, 0.717) is 32.6 Å². The van der Waals surface area contributed by atoms with Crippen molar-refractivity contribution in [2.75, 3.05) is 31.8 Å². The first-order chi connectivity index (χ1) is 15.0. The molecule has 0 atom stereocenters. The number of aromatic nitrogens is 1. The predicted octanol–water partition coefficient (Wildman–Crippen LogP) is 3.82. The summed E-state index contributed by atoms with van der Waals surface area (Å²) in [4.78, 5) is 30.6. The third kappa shape index (κ3) is 3.22. The summed E-state index contributed by atoms with van der Waals surface area (Å²) < 4.78 is 25.3. The van der Waals surface area contributed by atoms with Crippen molar-refractivity contribution in [2.45, 2.75) is 43.2 Å². The quantitative estimate of drug-likeness (QED) is 0.701. The lowest BCUT2D eigenvalue weighted by atomic mass is 9.75. The zero-order valence-corrected chi connectivity index (χ0v) is 17.5. The molecule has 7 heteroatoms. The average molecular weight is 424 g/mol.